The molecule has 2 aliphatic heterocycles. The first-order valence-corrected chi connectivity index (χ1v) is 6.99. The minimum atomic E-state index is -4.60. The van der Waals surface area contributed by atoms with Crippen LogP contribution in [-0.2, 0) is 9.84 Å². The molecule has 2 saturated heterocycles. The largest absolute Gasteiger partial charge is 0.406 e. The number of hydrogen-bond donors (Lipinski definition) is 0. The molecule has 0 radical (unpaired) electrons. The summed E-state index contributed by atoms with van der Waals surface area (Å²) in [5, 5.41) is -2.11. The average Bonchev–Trinajstić information content (AvgIpc) is 2.73. The first-order valence-electron chi connectivity index (χ1n) is 5.27. The highest BCUT2D eigenvalue weighted by molar-refractivity contribution is 7.93. The molecule has 2 heterocycles. The van der Waals surface area contributed by atoms with E-state index in [0.29, 0.717) is 19.1 Å². The quantitative estimate of drug-likeness (QED) is 0.696. The molecule has 0 aromatic carbocycles. The molecule has 3 aliphatic rings. The van der Waals surface area contributed by atoms with E-state index < -0.39 is 26.7 Å². The number of halogens is 3. The van der Waals surface area contributed by atoms with E-state index in [1.54, 1.807) is 0 Å². The Hall–Kier alpha value is -0.300. The maximum Gasteiger partial charge on any atom is 0.406 e. The summed E-state index contributed by atoms with van der Waals surface area (Å²) in [5.74, 6) is -0.284. The van der Waals surface area contributed by atoms with Crippen molar-refractivity contribution >= 4 is 9.84 Å². The first kappa shape index (κ1) is 10.8. The van der Waals surface area contributed by atoms with Gasteiger partial charge in [-0.05, 0) is 12.8 Å². The van der Waals surface area contributed by atoms with Crippen LogP contribution in [0.25, 0.3) is 0 Å². The van der Waals surface area contributed by atoms with Gasteiger partial charge in [0.15, 0.2) is 15.1 Å². The topological polar surface area (TPSA) is 37.4 Å². The maximum absolute atomic E-state index is 12.7. The molecular weight excluding hydrogens is 243 g/mol. The summed E-state index contributed by atoms with van der Waals surface area (Å²) in [5.41, 5.74) is -1.01. The second-order valence-electron chi connectivity index (χ2n) is 5.23. The predicted octanol–water partition coefficient (Wildman–Crippen LogP) is 0.810. The van der Waals surface area contributed by atoms with Crippen LogP contribution in [0.4, 0.5) is 13.2 Å². The molecule has 0 N–H and O–H groups in total. The van der Waals surface area contributed by atoms with Gasteiger partial charge < -0.3 is 0 Å². The van der Waals surface area contributed by atoms with Gasteiger partial charge in [-0.3, -0.25) is 4.90 Å². The first-order chi connectivity index (χ1) is 7.25. The van der Waals surface area contributed by atoms with Crippen LogP contribution in [0.15, 0.2) is 0 Å². The fraction of sp³-hybridized carbons (Fsp3) is 1.00. The number of rotatable bonds is 1. The monoisotopic (exact) mass is 255 g/mol. The molecule has 92 valence electrons. The number of nitrogens with zero attached hydrogens (tertiary/aromatic N) is 1. The van der Waals surface area contributed by atoms with E-state index in [4.69, 9.17) is 0 Å². The normalized spacial score (nSPS) is 36.8. The van der Waals surface area contributed by atoms with Gasteiger partial charge in [0, 0.05) is 24.5 Å². The fourth-order valence-electron chi connectivity index (χ4n) is 3.11. The SMILES string of the molecule is O=S1(=O)CC2(CN(C3CC3)C2)C1C(F)(F)F. The summed E-state index contributed by atoms with van der Waals surface area (Å²) in [6, 6.07) is 0.419. The van der Waals surface area contributed by atoms with Crippen LogP contribution in [0.1, 0.15) is 12.8 Å². The van der Waals surface area contributed by atoms with E-state index in [2.05, 4.69) is 0 Å². The lowest BCUT2D eigenvalue weighted by Crippen LogP contribution is -2.76. The fourth-order valence-corrected chi connectivity index (χ4v) is 5.53. The molecule has 1 unspecified atom stereocenters. The van der Waals surface area contributed by atoms with Crippen LogP contribution in [0.2, 0.25) is 0 Å². The van der Waals surface area contributed by atoms with E-state index in [1.165, 1.54) is 0 Å². The molecule has 1 atom stereocenters. The molecule has 16 heavy (non-hydrogen) atoms. The number of alkyl halides is 3. The van der Waals surface area contributed by atoms with Crippen molar-refractivity contribution in [3.63, 3.8) is 0 Å². The lowest BCUT2D eigenvalue weighted by atomic mass is 9.76. The van der Waals surface area contributed by atoms with Gasteiger partial charge in [-0.2, -0.15) is 13.2 Å². The highest BCUT2D eigenvalue weighted by Crippen LogP contribution is 2.55. The molecule has 0 bridgehead atoms. The van der Waals surface area contributed by atoms with Crippen LogP contribution in [0.3, 0.4) is 0 Å². The van der Waals surface area contributed by atoms with E-state index in [1.807, 2.05) is 4.90 Å². The molecule has 3 nitrogen and oxygen atoms in total. The second kappa shape index (κ2) is 2.75. The average molecular weight is 255 g/mol. The van der Waals surface area contributed by atoms with Crippen molar-refractivity contribution in [1.29, 1.82) is 0 Å². The minimum Gasteiger partial charge on any atom is -0.299 e. The van der Waals surface area contributed by atoms with Crippen LogP contribution < -0.4 is 0 Å². The van der Waals surface area contributed by atoms with Crippen molar-refractivity contribution in [3.8, 4) is 0 Å². The number of sulfone groups is 1. The Morgan fingerprint density at radius 3 is 2.12 bits per heavy atom. The van der Waals surface area contributed by atoms with Crippen molar-refractivity contribution in [3.05, 3.63) is 0 Å². The summed E-state index contributed by atoms with van der Waals surface area (Å²) in [6.45, 7) is 0.613. The molecule has 7 heteroatoms. The molecule has 1 saturated carbocycles. The molecule has 1 aliphatic carbocycles. The molecule has 0 aromatic heterocycles. The Kier molecular flexibility index (Phi) is 1.86. The Balaban J connectivity index is 1.78. The van der Waals surface area contributed by atoms with Gasteiger partial charge in [-0.15, -0.1) is 0 Å². The van der Waals surface area contributed by atoms with Crippen molar-refractivity contribution in [2.24, 2.45) is 5.41 Å². The van der Waals surface area contributed by atoms with Gasteiger partial charge in [0.25, 0.3) is 0 Å². The zero-order valence-corrected chi connectivity index (χ0v) is 9.31. The van der Waals surface area contributed by atoms with E-state index >= 15 is 0 Å². The van der Waals surface area contributed by atoms with E-state index in [-0.39, 0.29) is 5.75 Å². The van der Waals surface area contributed by atoms with E-state index in [0.717, 1.165) is 12.8 Å². The third-order valence-electron chi connectivity index (χ3n) is 3.80. The third kappa shape index (κ3) is 1.33. The summed E-state index contributed by atoms with van der Waals surface area (Å²) < 4.78 is 60.4. The molecule has 3 fully saturated rings. The van der Waals surface area contributed by atoms with E-state index in [9.17, 15) is 21.6 Å². The lowest BCUT2D eigenvalue weighted by molar-refractivity contribution is -0.179. The van der Waals surface area contributed by atoms with Crippen LogP contribution in [0.5, 0.6) is 0 Å². The molecule has 0 aromatic rings. The van der Waals surface area contributed by atoms with Crippen molar-refractivity contribution in [2.45, 2.75) is 30.3 Å². The van der Waals surface area contributed by atoms with Crippen LogP contribution in [-0.4, -0.2) is 49.6 Å². The van der Waals surface area contributed by atoms with Gasteiger partial charge >= 0.3 is 6.18 Å². The zero-order chi connectivity index (χ0) is 11.8. The van der Waals surface area contributed by atoms with Crippen LogP contribution in [0, 0.1) is 5.41 Å². The van der Waals surface area contributed by atoms with Crippen molar-refractivity contribution in [2.75, 3.05) is 18.8 Å². The third-order valence-corrected chi connectivity index (χ3v) is 6.26. The van der Waals surface area contributed by atoms with Crippen molar-refractivity contribution < 1.29 is 21.6 Å². The van der Waals surface area contributed by atoms with Crippen LogP contribution >= 0.6 is 0 Å². The minimum absolute atomic E-state index is 0.284. The highest BCUT2D eigenvalue weighted by atomic mass is 32.2. The summed E-state index contributed by atoms with van der Waals surface area (Å²) in [6.07, 6.45) is -2.52. The molecular formula is C9H12F3NO2S. The van der Waals surface area contributed by atoms with Gasteiger partial charge in [0.05, 0.1) is 5.75 Å². The Bertz CT molecular complexity index is 421. The highest BCUT2D eigenvalue weighted by Gasteiger charge is 2.73. The zero-order valence-electron chi connectivity index (χ0n) is 8.50. The lowest BCUT2D eigenvalue weighted by Gasteiger charge is -2.59. The Labute approximate surface area is 91.5 Å². The molecule has 1 spiro atoms. The molecule has 3 rings (SSSR count). The standard InChI is InChI=1S/C9H12F3NO2S/c10-9(11,12)7-8(5-16(7,14)15)3-13(4-8)6-1-2-6/h6-7H,1-5H2. The maximum atomic E-state index is 12.7. The summed E-state index contributed by atoms with van der Waals surface area (Å²) >= 11 is 0. The smallest absolute Gasteiger partial charge is 0.299 e. The van der Waals surface area contributed by atoms with Gasteiger partial charge in [0.2, 0.25) is 0 Å². The predicted molar refractivity (Wildman–Crippen MR) is 50.7 cm³/mol. The number of likely N-dealkylation sites (tertiary alicyclic amines) is 1. The van der Waals surface area contributed by atoms with Gasteiger partial charge in [-0.1, -0.05) is 0 Å². The second-order valence-corrected chi connectivity index (χ2v) is 7.31. The van der Waals surface area contributed by atoms with Crippen molar-refractivity contribution in [1.82, 2.24) is 4.90 Å². The van der Waals surface area contributed by atoms with Gasteiger partial charge in [0.1, 0.15) is 0 Å². The number of hydrogen-bond acceptors (Lipinski definition) is 3. The Morgan fingerprint density at radius 1 is 1.19 bits per heavy atom. The molecule has 0 amide bonds. The Morgan fingerprint density at radius 2 is 1.75 bits per heavy atom. The van der Waals surface area contributed by atoms with Gasteiger partial charge in [-0.25, -0.2) is 8.42 Å². The summed E-state index contributed by atoms with van der Waals surface area (Å²) in [7, 11) is -3.93. The summed E-state index contributed by atoms with van der Waals surface area (Å²) in [4.78, 5) is 1.98.